The highest BCUT2D eigenvalue weighted by atomic mass is 19.4. The summed E-state index contributed by atoms with van der Waals surface area (Å²) in [6.45, 7) is 0. The van der Waals surface area contributed by atoms with Crippen molar-refractivity contribution in [3.8, 4) is 17.4 Å². The van der Waals surface area contributed by atoms with E-state index < -0.39 is 41.3 Å². The van der Waals surface area contributed by atoms with Crippen molar-refractivity contribution in [1.29, 1.82) is 0 Å². The Kier molecular flexibility index (Phi) is 3.92. The second kappa shape index (κ2) is 5.51. The third-order valence-corrected chi connectivity index (χ3v) is 2.14. The van der Waals surface area contributed by atoms with E-state index in [1.807, 2.05) is 0 Å². The maximum Gasteiger partial charge on any atom is 0.573 e. The lowest BCUT2D eigenvalue weighted by atomic mass is 10.3. The first-order chi connectivity index (χ1) is 9.76. The van der Waals surface area contributed by atoms with Gasteiger partial charge in [0.2, 0.25) is 0 Å². The molecule has 0 amide bonds. The number of aromatic nitrogens is 1. The second-order valence-corrected chi connectivity index (χ2v) is 3.64. The summed E-state index contributed by atoms with van der Waals surface area (Å²) in [6.07, 6.45) is -5.00. The number of rotatable bonds is 3. The van der Waals surface area contributed by atoms with Crippen molar-refractivity contribution < 1.29 is 35.8 Å². The summed E-state index contributed by atoms with van der Waals surface area (Å²) in [5.74, 6) is -6.95. The maximum atomic E-state index is 13.3. The fraction of sp³-hybridized carbons (Fsp3) is 0.0833. The predicted molar refractivity (Wildman–Crippen MR) is 57.3 cm³/mol. The number of nitrogens with zero attached hydrogens (tertiary/aromatic N) is 1. The Labute approximate surface area is 113 Å². The molecule has 0 N–H and O–H groups in total. The van der Waals surface area contributed by atoms with Crippen LogP contribution in [0.1, 0.15) is 0 Å². The molecule has 0 aliphatic carbocycles. The Morgan fingerprint density at radius 1 is 0.905 bits per heavy atom. The highest BCUT2D eigenvalue weighted by molar-refractivity contribution is 5.41. The van der Waals surface area contributed by atoms with Crippen molar-refractivity contribution >= 4 is 0 Å². The number of ether oxygens (including phenoxy) is 2. The van der Waals surface area contributed by atoms with Crippen LogP contribution in [0.25, 0.3) is 0 Å². The summed E-state index contributed by atoms with van der Waals surface area (Å²) in [5, 5.41) is 0. The first-order valence-corrected chi connectivity index (χ1v) is 5.30. The van der Waals surface area contributed by atoms with E-state index >= 15 is 0 Å². The van der Waals surface area contributed by atoms with Gasteiger partial charge in [-0.05, 0) is 12.1 Å². The summed E-state index contributed by atoms with van der Waals surface area (Å²) in [5.41, 5.74) is 0. The number of pyridine rings is 1. The average molecular weight is 309 g/mol. The van der Waals surface area contributed by atoms with Crippen LogP contribution in [0.4, 0.5) is 26.3 Å². The molecule has 0 fully saturated rings. The molecule has 0 aliphatic heterocycles. The van der Waals surface area contributed by atoms with Gasteiger partial charge in [0.1, 0.15) is 0 Å². The number of hydrogen-bond donors (Lipinski definition) is 0. The molecule has 0 atom stereocenters. The van der Waals surface area contributed by atoms with Crippen molar-refractivity contribution in [2.24, 2.45) is 0 Å². The van der Waals surface area contributed by atoms with Crippen molar-refractivity contribution in [3.63, 3.8) is 0 Å². The van der Waals surface area contributed by atoms with E-state index in [-0.39, 0.29) is 6.07 Å². The van der Waals surface area contributed by atoms with E-state index in [1.165, 1.54) is 12.1 Å². The second-order valence-electron chi connectivity index (χ2n) is 3.64. The molecule has 0 radical (unpaired) electrons. The fourth-order valence-corrected chi connectivity index (χ4v) is 1.35. The normalized spacial score (nSPS) is 11.3. The summed E-state index contributed by atoms with van der Waals surface area (Å²) in [7, 11) is 0. The minimum Gasteiger partial charge on any atom is -0.432 e. The van der Waals surface area contributed by atoms with E-state index in [1.54, 1.807) is 0 Å². The van der Waals surface area contributed by atoms with Gasteiger partial charge >= 0.3 is 6.36 Å². The van der Waals surface area contributed by atoms with Crippen LogP contribution in [0, 0.1) is 17.6 Å². The van der Waals surface area contributed by atoms with Gasteiger partial charge in [0.05, 0.1) is 0 Å². The van der Waals surface area contributed by atoms with Crippen LogP contribution in [0.15, 0.2) is 30.3 Å². The Balaban J connectivity index is 2.34. The fourth-order valence-electron chi connectivity index (χ4n) is 1.35. The van der Waals surface area contributed by atoms with Gasteiger partial charge in [-0.1, -0.05) is 12.1 Å². The molecule has 2 aromatic rings. The van der Waals surface area contributed by atoms with Gasteiger partial charge in [-0.25, -0.2) is 8.78 Å². The van der Waals surface area contributed by atoms with Gasteiger partial charge in [-0.2, -0.15) is 9.37 Å². The van der Waals surface area contributed by atoms with Gasteiger partial charge < -0.3 is 9.47 Å². The van der Waals surface area contributed by atoms with Crippen LogP contribution in [-0.4, -0.2) is 11.3 Å². The lowest BCUT2D eigenvalue weighted by molar-refractivity contribution is -0.275. The minimum atomic E-state index is -5.00. The number of para-hydroxylation sites is 2. The molecule has 1 aromatic carbocycles. The van der Waals surface area contributed by atoms with Crippen molar-refractivity contribution in [3.05, 3.63) is 47.9 Å². The van der Waals surface area contributed by atoms with E-state index in [0.29, 0.717) is 0 Å². The lowest BCUT2D eigenvalue weighted by Crippen LogP contribution is -2.17. The van der Waals surface area contributed by atoms with Crippen LogP contribution >= 0.6 is 0 Å². The molecule has 2 rings (SSSR count). The van der Waals surface area contributed by atoms with E-state index in [4.69, 9.17) is 4.74 Å². The summed E-state index contributed by atoms with van der Waals surface area (Å²) in [6, 6.07) is 4.56. The Morgan fingerprint density at radius 2 is 1.52 bits per heavy atom. The first kappa shape index (κ1) is 14.9. The Hall–Kier alpha value is -2.45. The zero-order chi connectivity index (χ0) is 15.6. The molecule has 0 saturated heterocycles. The summed E-state index contributed by atoms with van der Waals surface area (Å²) >= 11 is 0. The maximum absolute atomic E-state index is 13.3. The van der Waals surface area contributed by atoms with E-state index in [2.05, 4.69) is 9.72 Å². The van der Waals surface area contributed by atoms with Crippen LogP contribution in [0.2, 0.25) is 0 Å². The molecular formula is C12H5F6NO2. The van der Waals surface area contributed by atoms with Crippen LogP contribution in [0.5, 0.6) is 17.4 Å². The number of hydrogen-bond acceptors (Lipinski definition) is 3. The minimum absolute atomic E-state index is 0.158. The van der Waals surface area contributed by atoms with Crippen molar-refractivity contribution in [2.75, 3.05) is 0 Å². The number of benzene rings is 1. The summed E-state index contributed by atoms with van der Waals surface area (Å²) < 4.78 is 83.8. The molecule has 0 saturated carbocycles. The molecule has 3 nitrogen and oxygen atoms in total. The zero-order valence-corrected chi connectivity index (χ0v) is 9.92. The van der Waals surface area contributed by atoms with Gasteiger partial charge in [0, 0.05) is 6.07 Å². The van der Waals surface area contributed by atoms with Crippen LogP contribution in [-0.2, 0) is 0 Å². The standard InChI is InChI=1S/C12H5F6NO2/c13-6-5-7(14)11(19-10(6)15)20-8-3-1-2-4-9(8)21-12(16,17)18/h1-5H. The number of alkyl halides is 3. The lowest BCUT2D eigenvalue weighted by Gasteiger charge is -2.13. The molecule has 1 aromatic heterocycles. The van der Waals surface area contributed by atoms with Crippen molar-refractivity contribution in [2.45, 2.75) is 6.36 Å². The van der Waals surface area contributed by atoms with E-state index in [9.17, 15) is 26.3 Å². The molecule has 9 heteroatoms. The Morgan fingerprint density at radius 3 is 2.14 bits per heavy atom. The largest absolute Gasteiger partial charge is 0.573 e. The molecule has 0 aliphatic rings. The van der Waals surface area contributed by atoms with Gasteiger partial charge in [0.15, 0.2) is 23.1 Å². The molecule has 0 spiro atoms. The Bertz CT molecular complexity index is 659. The van der Waals surface area contributed by atoms with Gasteiger partial charge in [0.25, 0.3) is 11.8 Å². The molecule has 0 unspecified atom stereocenters. The van der Waals surface area contributed by atoms with Crippen molar-refractivity contribution in [1.82, 2.24) is 4.98 Å². The van der Waals surface area contributed by atoms with Gasteiger partial charge in [-0.3, -0.25) is 0 Å². The van der Waals surface area contributed by atoms with E-state index in [0.717, 1.165) is 12.1 Å². The highest BCUT2D eigenvalue weighted by Gasteiger charge is 2.32. The summed E-state index contributed by atoms with van der Waals surface area (Å²) in [4.78, 5) is 2.83. The SMILES string of the molecule is Fc1cc(F)c(Oc2ccccc2OC(F)(F)F)nc1F. The smallest absolute Gasteiger partial charge is 0.432 e. The third-order valence-electron chi connectivity index (χ3n) is 2.14. The molecule has 1 heterocycles. The highest BCUT2D eigenvalue weighted by Crippen LogP contribution is 2.35. The van der Waals surface area contributed by atoms with Gasteiger partial charge in [-0.15, -0.1) is 13.2 Å². The predicted octanol–water partition coefficient (Wildman–Crippen LogP) is 4.19. The van der Waals surface area contributed by atoms with Crippen LogP contribution < -0.4 is 9.47 Å². The van der Waals surface area contributed by atoms with Crippen LogP contribution in [0.3, 0.4) is 0 Å². The first-order valence-electron chi connectivity index (χ1n) is 5.30. The molecule has 21 heavy (non-hydrogen) atoms. The average Bonchev–Trinajstić information content (AvgIpc) is 2.36. The quantitative estimate of drug-likeness (QED) is 0.629. The zero-order valence-electron chi connectivity index (χ0n) is 9.92. The monoisotopic (exact) mass is 309 g/mol. The molecule has 112 valence electrons. The molecule has 0 bridgehead atoms. The third kappa shape index (κ3) is 3.77. The number of halogens is 6. The molecular weight excluding hydrogens is 304 g/mol. The topological polar surface area (TPSA) is 31.4 Å².